The molecule has 0 aromatic heterocycles. The van der Waals surface area contributed by atoms with Gasteiger partial charge in [0.05, 0.1) is 6.21 Å². The molecule has 4 heteroatoms. The largest absolute Gasteiger partial charge is 0.508 e. The summed E-state index contributed by atoms with van der Waals surface area (Å²) in [5.74, 6) is -0.192. The number of phenols is 1. The minimum absolute atomic E-state index is 0.125. The van der Waals surface area contributed by atoms with Gasteiger partial charge in [0.1, 0.15) is 5.75 Å². The second-order valence-electron chi connectivity index (χ2n) is 4.16. The smallest absolute Gasteiger partial charge is 0.271 e. The van der Waals surface area contributed by atoms with Crippen LogP contribution in [0.25, 0.3) is 0 Å². The van der Waals surface area contributed by atoms with Crippen molar-refractivity contribution in [1.29, 1.82) is 0 Å². The van der Waals surface area contributed by atoms with Gasteiger partial charge in [-0.3, -0.25) is 4.79 Å². The molecular formula is C15H14N2O2. The van der Waals surface area contributed by atoms with Gasteiger partial charge in [0, 0.05) is 5.56 Å². The van der Waals surface area contributed by atoms with E-state index in [0.29, 0.717) is 5.56 Å². The van der Waals surface area contributed by atoms with Crippen molar-refractivity contribution >= 4 is 12.1 Å². The molecule has 0 spiro atoms. The zero-order chi connectivity index (χ0) is 13.7. The zero-order valence-electron chi connectivity index (χ0n) is 10.5. The number of carbonyl (C=O) groups excluding carboxylic acids is 1. The molecule has 0 aliphatic carbocycles. The summed E-state index contributed by atoms with van der Waals surface area (Å²) in [4.78, 5) is 11.7. The Morgan fingerprint density at radius 2 is 1.74 bits per heavy atom. The molecular weight excluding hydrogens is 240 g/mol. The van der Waals surface area contributed by atoms with Gasteiger partial charge < -0.3 is 5.11 Å². The first-order valence-corrected chi connectivity index (χ1v) is 5.84. The van der Waals surface area contributed by atoms with Crippen molar-refractivity contribution in [3.63, 3.8) is 0 Å². The molecule has 2 aromatic rings. The summed E-state index contributed by atoms with van der Waals surface area (Å²) in [6, 6.07) is 13.8. The molecule has 1 amide bonds. The topological polar surface area (TPSA) is 61.7 Å². The molecule has 0 bridgehead atoms. The van der Waals surface area contributed by atoms with Gasteiger partial charge in [-0.15, -0.1) is 0 Å². The summed E-state index contributed by atoms with van der Waals surface area (Å²) in [6.45, 7) is 2.01. The fourth-order valence-corrected chi connectivity index (χ4v) is 1.50. The van der Waals surface area contributed by atoms with Crippen LogP contribution in [0.15, 0.2) is 53.6 Å². The van der Waals surface area contributed by atoms with Gasteiger partial charge in [-0.1, -0.05) is 29.8 Å². The molecule has 0 atom stereocenters. The lowest BCUT2D eigenvalue weighted by molar-refractivity contribution is 0.0955. The average Bonchev–Trinajstić information content (AvgIpc) is 2.41. The zero-order valence-corrected chi connectivity index (χ0v) is 10.5. The van der Waals surface area contributed by atoms with Crippen molar-refractivity contribution in [3.8, 4) is 5.75 Å². The van der Waals surface area contributed by atoms with Crippen LogP contribution in [0, 0.1) is 6.92 Å². The van der Waals surface area contributed by atoms with Gasteiger partial charge in [-0.2, -0.15) is 5.10 Å². The molecule has 0 aliphatic rings. The summed E-state index contributed by atoms with van der Waals surface area (Å²) >= 11 is 0. The molecule has 96 valence electrons. The van der Waals surface area contributed by atoms with Gasteiger partial charge in [0.15, 0.2) is 0 Å². The number of carbonyl (C=O) groups is 1. The quantitative estimate of drug-likeness (QED) is 0.653. The number of rotatable bonds is 3. The maximum atomic E-state index is 11.7. The van der Waals surface area contributed by atoms with Gasteiger partial charge in [0.2, 0.25) is 0 Å². The SMILES string of the molecule is Cc1ccc(/C=N\NC(=O)c2ccc(O)cc2)cc1. The Labute approximate surface area is 111 Å². The Hall–Kier alpha value is -2.62. The summed E-state index contributed by atoms with van der Waals surface area (Å²) in [7, 11) is 0. The summed E-state index contributed by atoms with van der Waals surface area (Å²) in [5.41, 5.74) is 4.96. The van der Waals surface area contributed by atoms with Crippen LogP contribution in [0.4, 0.5) is 0 Å². The Morgan fingerprint density at radius 3 is 2.37 bits per heavy atom. The number of aryl methyl sites for hydroxylation is 1. The van der Waals surface area contributed by atoms with E-state index in [2.05, 4.69) is 10.5 Å². The van der Waals surface area contributed by atoms with Gasteiger partial charge in [-0.25, -0.2) is 5.43 Å². The normalized spacial score (nSPS) is 10.6. The number of hydrogen-bond donors (Lipinski definition) is 2. The fraction of sp³-hybridized carbons (Fsp3) is 0.0667. The Balaban J connectivity index is 1.96. The summed E-state index contributed by atoms with van der Waals surface area (Å²) < 4.78 is 0. The highest BCUT2D eigenvalue weighted by molar-refractivity contribution is 5.94. The number of nitrogens with zero attached hydrogens (tertiary/aromatic N) is 1. The highest BCUT2D eigenvalue weighted by Crippen LogP contribution is 2.09. The van der Waals surface area contributed by atoms with E-state index in [4.69, 9.17) is 5.11 Å². The molecule has 2 aromatic carbocycles. The van der Waals surface area contributed by atoms with Crippen molar-refractivity contribution in [2.45, 2.75) is 6.92 Å². The molecule has 0 saturated carbocycles. The monoisotopic (exact) mass is 254 g/mol. The highest BCUT2D eigenvalue weighted by Gasteiger charge is 2.02. The van der Waals surface area contributed by atoms with Gasteiger partial charge in [-0.05, 0) is 36.8 Å². The van der Waals surface area contributed by atoms with E-state index in [-0.39, 0.29) is 11.7 Å². The molecule has 0 saturated heterocycles. The fourth-order valence-electron chi connectivity index (χ4n) is 1.50. The van der Waals surface area contributed by atoms with Gasteiger partial charge in [0.25, 0.3) is 5.91 Å². The van der Waals surface area contributed by atoms with Gasteiger partial charge >= 0.3 is 0 Å². The van der Waals surface area contributed by atoms with Crippen molar-refractivity contribution in [2.75, 3.05) is 0 Å². The van der Waals surface area contributed by atoms with Crippen LogP contribution in [0.1, 0.15) is 21.5 Å². The second kappa shape index (κ2) is 5.82. The molecule has 0 unspecified atom stereocenters. The van der Waals surface area contributed by atoms with E-state index in [1.54, 1.807) is 6.21 Å². The van der Waals surface area contributed by atoms with Crippen molar-refractivity contribution < 1.29 is 9.90 Å². The summed E-state index contributed by atoms with van der Waals surface area (Å²) in [5, 5.41) is 13.0. The highest BCUT2D eigenvalue weighted by atomic mass is 16.3. The maximum absolute atomic E-state index is 11.7. The van der Waals surface area contributed by atoms with Crippen LogP contribution >= 0.6 is 0 Å². The van der Waals surface area contributed by atoms with Crippen LogP contribution in [0.2, 0.25) is 0 Å². The molecule has 0 aliphatic heterocycles. The molecule has 0 radical (unpaired) electrons. The Morgan fingerprint density at radius 1 is 1.11 bits per heavy atom. The standard InChI is InChI=1S/C15H14N2O2/c1-11-2-4-12(5-3-11)10-16-17-15(19)13-6-8-14(18)9-7-13/h2-10,18H,1H3,(H,17,19)/b16-10-. The van der Waals surface area contributed by atoms with Crippen molar-refractivity contribution in [1.82, 2.24) is 5.43 Å². The number of amides is 1. The van der Waals surface area contributed by atoms with Crippen LogP contribution in [-0.2, 0) is 0 Å². The Kier molecular flexibility index (Phi) is 3.93. The van der Waals surface area contributed by atoms with E-state index in [9.17, 15) is 4.79 Å². The molecule has 19 heavy (non-hydrogen) atoms. The van der Waals surface area contributed by atoms with Crippen LogP contribution in [0.3, 0.4) is 0 Å². The lowest BCUT2D eigenvalue weighted by Crippen LogP contribution is -2.17. The number of benzene rings is 2. The maximum Gasteiger partial charge on any atom is 0.271 e. The van der Waals surface area contributed by atoms with Crippen LogP contribution in [0.5, 0.6) is 5.75 Å². The Bertz CT molecular complexity index is 587. The summed E-state index contributed by atoms with van der Waals surface area (Å²) in [6.07, 6.45) is 1.58. The molecule has 2 N–H and O–H groups in total. The van der Waals surface area contributed by atoms with Crippen molar-refractivity contribution in [3.05, 3.63) is 65.2 Å². The van der Waals surface area contributed by atoms with Crippen LogP contribution in [-0.4, -0.2) is 17.2 Å². The number of aromatic hydroxyl groups is 1. The van der Waals surface area contributed by atoms with Crippen molar-refractivity contribution in [2.24, 2.45) is 5.10 Å². The van der Waals surface area contributed by atoms with E-state index >= 15 is 0 Å². The predicted molar refractivity (Wildman–Crippen MR) is 74.3 cm³/mol. The third-order valence-corrected chi connectivity index (χ3v) is 2.59. The first kappa shape index (κ1) is 12.8. The molecule has 0 heterocycles. The number of phenolic OH excluding ortho intramolecular Hbond substituents is 1. The second-order valence-corrected chi connectivity index (χ2v) is 4.16. The molecule has 4 nitrogen and oxygen atoms in total. The number of hydrogen-bond acceptors (Lipinski definition) is 3. The minimum atomic E-state index is -0.316. The minimum Gasteiger partial charge on any atom is -0.508 e. The molecule has 2 rings (SSSR count). The lowest BCUT2D eigenvalue weighted by Gasteiger charge is -2.00. The lowest BCUT2D eigenvalue weighted by atomic mass is 10.2. The van der Waals surface area contributed by atoms with E-state index in [0.717, 1.165) is 5.56 Å². The first-order chi connectivity index (χ1) is 9.15. The number of hydrazone groups is 1. The van der Waals surface area contributed by atoms with E-state index in [1.165, 1.54) is 29.8 Å². The number of nitrogens with one attached hydrogen (secondary N) is 1. The molecule has 0 fully saturated rings. The first-order valence-electron chi connectivity index (χ1n) is 5.84. The third-order valence-electron chi connectivity index (χ3n) is 2.59. The predicted octanol–water partition coefficient (Wildman–Crippen LogP) is 2.46. The average molecular weight is 254 g/mol. The van der Waals surface area contributed by atoms with E-state index in [1.807, 2.05) is 31.2 Å². The van der Waals surface area contributed by atoms with E-state index < -0.39 is 0 Å². The van der Waals surface area contributed by atoms with Crippen LogP contribution < -0.4 is 5.43 Å². The third kappa shape index (κ3) is 3.67.